The minimum atomic E-state index is -0.651. The number of rotatable bonds is 15. The van der Waals surface area contributed by atoms with Crippen LogP contribution in [0.25, 0.3) is 22.2 Å². The summed E-state index contributed by atoms with van der Waals surface area (Å²) < 4.78 is 42.9. The summed E-state index contributed by atoms with van der Waals surface area (Å²) in [6.45, 7) is 7.72. The van der Waals surface area contributed by atoms with Crippen LogP contribution in [0.3, 0.4) is 0 Å². The van der Waals surface area contributed by atoms with E-state index in [1.165, 1.54) is 76.7 Å². The number of halogens is 3. The standard InChI is InChI=1S/C31H40F2IN3O2/c1-31(2,3)16-12-10-8-6-5-7-9-11-13-17-39-21-37-29(34)24(19-35)28-27(25(33)20-36-30(28)37)23-18-22(32)14-15-26(23)38-4/h14-15,18,20H,5-13,16-17,21H2,1-4H3. The van der Waals surface area contributed by atoms with Crippen molar-refractivity contribution in [1.29, 1.82) is 5.26 Å². The van der Waals surface area contributed by atoms with Crippen LogP contribution in [-0.2, 0) is 11.5 Å². The lowest BCUT2D eigenvalue weighted by atomic mass is 9.89. The molecule has 0 saturated heterocycles. The van der Waals surface area contributed by atoms with Crippen LogP contribution in [-0.4, -0.2) is 23.3 Å². The van der Waals surface area contributed by atoms with Crippen molar-refractivity contribution in [2.75, 3.05) is 13.7 Å². The number of unbranched alkanes of at least 4 members (excludes halogenated alkanes) is 8. The molecular weight excluding hydrogens is 611 g/mol. The second kappa shape index (κ2) is 14.9. The fraction of sp³-hybridized carbons (Fsp3) is 0.548. The van der Waals surface area contributed by atoms with Gasteiger partial charge in [0, 0.05) is 23.1 Å². The molecular formula is C31H40F2IN3O2. The van der Waals surface area contributed by atoms with Gasteiger partial charge in [0.25, 0.3) is 0 Å². The van der Waals surface area contributed by atoms with E-state index >= 15 is 4.39 Å². The van der Waals surface area contributed by atoms with Gasteiger partial charge in [-0.3, -0.25) is 4.57 Å². The molecule has 0 radical (unpaired) electrons. The SMILES string of the molecule is COc1ccc(F)cc1-c1c(F)cnc2c1c(C#N)c(I)n2COCCCCCCCCCCCC(C)(C)C. The highest BCUT2D eigenvalue weighted by Gasteiger charge is 2.25. The van der Waals surface area contributed by atoms with E-state index in [9.17, 15) is 9.65 Å². The molecule has 3 rings (SSSR count). The Kier molecular flexibility index (Phi) is 12.0. The highest BCUT2D eigenvalue weighted by molar-refractivity contribution is 14.1. The van der Waals surface area contributed by atoms with Gasteiger partial charge in [-0.2, -0.15) is 5.26 Å². The molecule has 0 saturated carbocycles. The van der Waals surface area contributed by atoms with Crippen molar-refractivity contribution in [1.82, 2.24) is 9.55 Å². The number of methoxy groups -OCH3 is 1. The molecule has 0 bridgehead atoms. The Labute approximate surface area is 245 Å². The van der Waals surface area contributed by atoms with Gasteiger partial charge in [-0.05, 0) is 59.0 Å². The summed E-state index contributed by atoms with van der Waals surface area (Å²) in [5.74, 6) is -0.865. The van der Waals surface area contributed by atoms with E-state index in [0.29, 0.717) is 32.5 Å². The lowest BCUT2D eigenvalue weighted by Crippen LogP contribution is -2.06. The van der Waals surface area contributed by atoms with Crippen molar-refractivity contribution in [3.05, 3.63) is 45.3 Å². The van der Waals surface area contributed by atoms with Gasteiger partial charge in [0.1, 0.15) is 39.5 Å². The third-order valence-corrected chi connectivity index (χ3v) is 8.06. The number of pyridine rings is 1. The maximum atomic E-state index is 15.1. The van der Waals surface area contributed by atoms with Crippen LogP contribution < -0.4 is 4.74 Å². The molecule has 0 aliphatic heterocycles. The summed E-state index contributed by atoms with van der Waals surface area (Å²) in [5, 5.41) is 10.2. The number of aromatic nitrogens is 2. The molecule has 212 valence electrons. The average molecular weight is 652 g/mol. The topological polar surface area (TPSA) is 60.1 Å². The van der Waals surface area contributed by atoms with Crippen LogP contribution in [0.5, 0.6) is 5.75 Å². The largest absolute Gasteiger partial charge is 0.496 e. The van der Waals surface area contributed by atoms with Crippen LogP contribution in [0.4, 0.5) is 8.78 Å². The minimum absolute atomic E-state index is 0.0961. The van der Waals surface area contributed by atoms with Crippen molar-refractivity contribution < 1.29 is 18.3 Å². The summed E-state index contributed by atoms with van der Waals surface area (Å²) in [6, 6.07) is 6.09. The molecule has 3 aromatic rings. The zero-order valence-electron chi connectivity index (χ0n) is 23.6. The second-order valence-electron chi connectivity index (χ2n) is 11.3. The summed E-state index contributed by atoms with van der Waals surface area (Å²) in [7, 11) is 1.44. The summed E-state index contributed by atoms with van der Waals surface area (Å²) in [6.07, 6.45) is 13.5. The number of hydrogen-bond donors (Lipinski definition) is 0. The van der Waals surface area contributed by atoms with E-state index in [-0.39, 0.29) is 23.4 Å². The molecule has 0 atom stereocenters. The van der Waals surface area contributed by atoms with Gasteiger partial charge in [0.05, 0.1) is 18.9 Å². The highest BCUT2D eigenvalue weighted by Crippen LogP contribution is 2.40. The normalized spacial score (nSPS) is 11.7. The third kappa shape index (κ3) is 8.62. The first kappa shape index (κ1) is 31.3. The van der Waals surface area contributed by atoms with Crippen LogP contribution >= 0.6 is 22.6 Å². The first-order valence-corrected chi connectivity index (χ1v) is 14.9. The summed E-state index contributed by atoms with van der Waals surface area (Å²) in [5.41, 5.74) is 1.47. The van der Waals surface area contributed by atoms with Crippen LogP contribution in [0.2, 0.25) is 0 Å². The van der Waals surface area contributed by atoms with E-state index in [2.05, 4.69) is 54.4 Å². The molecule has 0 aliphatic carbocycles. The number of fused-ring (bicyclic) bond motifs is 1. The zero-order valence-corrected chi connectivity index (χ0v) is 25.7. The smallest absolute Gasteiger partial charge is 0.150 e. The maximum Gasteiger partial charge on any atom is 0.150 e. The van der Waals surface area contributed by atoms with Crippen LogP contribution in [0.15, 0.2) is 24.4 Å². The number of nitriles is 1. The minimum Gasteiger partial charge on any atom is -0.496 e. The molecule has 0 N–H and O–H groups in total. The van der Waals surface area contributed by atoms with E-state index in [4.69, 9.17) is 9.47 Å². The van der Waals surface area contributed by atoms with Gasteiger partial charge in [-0.15, -0.1) is 0 Å². The van der Waals surface area contributed by atoms with Gasteiger partial charge in [0.2, 0.25) is 0 Å². The van der Waals surface area contributed by atoms with Crippen molar-refractivity contribution >= 4 is 33.6 Å². The number of ether oxygens (including phenoxy) is 2. The van der Waals surface area contributed by atoms with E-state index < -0.39 is 11.6 Å². The van der Waals surface area contributed by atoms with E-state index in [1.807, 2.05) is 0 Å². The molecule has 0 spiro atoms. The Balaban J connectivity index is 1.54. The quantitative estimate of drug-likeness (QED) is 0.121. The molecule has 0 fully saturated rings. The molecule has 1 aromatic carbocycles. The van der Waals surface area contributed by atoms with E-state index in [1.54, 1.807) is 4.57 Å². The van der Waals surface area contributed by atoms with Gasteiger partial charge in [-0.25, -0.2) is 13.8 Å². The molecule has 39 heavy (non-hydrogen) atoms. The third-order valence-electron chi connectivity index (χ3n) is 6.94. The maximum absolute atomic E-state index is 15.1. The molecule has 2 aromatic heterocycles. The molecule has 0 amide bonds. The summed E-state index contributed by atoms with van der Waals surface area (Å²) in [4.78, 5) is 4.28. The number of benzene rings is 1. The fourth-order valence-corrected chi connectivity index (χ4v) is 5.62. The Morgan fingerprint density at radius 2 is 1.64 bits per heavy atom. The molecule has 0 unspecified atom stereocenters. The van der Waals surface area contributed by atoms with Gasteiger partial charge >= 0.3 is 0 Å². The zero-order chi connectivity index (χ0) is 28.4. The molecule has 5 nitrogen and oxygen atoms in total. The molecule has 8 heteroatoms. The van der Waals surface area contributed by atoms with Crippen molar-refractivity contribution in [3.63, 3.8) is 0 Å². The monoisotopic (exact) mass is 651 g/mol. The fourth-order valence-electron chi connectivity index (χ4n) is 4.86. The Morgan fingerprint density at radius 1 is 1.00 bits per heavy atom. The first-order valence-electron chi connectivity index (χ1n) is 13.9. The highest BCUT2D eigenvalue weighted by atomic mass is 127. The predicted molar refractivity (Wildman–Crippen MR) is 161 cm³/mol. The predicted octanol–water partition coefficient (Wildman–Crippen LogP) is 9.39. The number of nitrogens with zero attached hydrogens (tertiary/aromatic N) is 3. The van der Waals surface area contributed by atoms with Crippen LogP contribution in [0.1, 0.15) is 90.5 Å². The first-order chi connectivity index (χ1) is 18.7. The number of hydrogen-bond acceptors (Lipinski definition) is 4. The van der Waals surface area contributed by atoms with Crippen molar-refractivity contribution in [2.45, 2.75) is 91.7 Å². The Bertz CT molecular complexity index is 1280. The van der Waals surface area contributed by atoms with Gasteiger partial charge in [0.15, 0.2) is 0 Å². The Hall–Kier alpha value is -2.25. The van der Waals surface area contributed by atoms with Gasteiger partial charge < -0.3 is 9.47 Å². The van der Waals surface area contributed by atoms with Crippen molar-refractivity contribution in [2.24, 2.45) is 5.41 Å². The molecule has 2 heterocycles. The van der Waals surface area contributed by atoms with Gasteiger partial charge in [-0.1, -0.05) is 72.1 Å². The Morgan fingerprint density at radius 3 is 2.26 bits per heavy atom. The van der Waals surface area contributed by atoms with Crippen molar-refractivity contribution in [3.8, 4) is 22.9 Å². The second-order valence-corrected chi connectivity index (χ2v) is 12.3. The average Bonchev–Trinajstić information content (AvgIpc) is 3.16. The van der Waals surface area contributed by atoms with E-state index in [0.717, 1.165) is 19.0 Å². The van der Waals surface area contributed by atoms with Crippen LogP contribution in [0, 0.1) is 32.1 Å². The summed E-state index contributed by atoms with van der Waals surface area (Å²) >= 11 is 2.06. The lowest BCUT2D eigenvalue weighted by Gasteiger charge is -2.17. The lowest BCUT2D eigenvalue weighted by molar-refractivity contribution is 0.0748. The molecule has 0 aliphatic rings.